The minimum atomic E-state index is -0.903. The molecule has 0 spiro atoms. The summed E-state index contributed by atoms with van der Waals surface area (Å²) in [7, 11) is 1.45. The van der Waals surface area contributed by atoms with Gasteiger partial charge in [0.15, 0.2) is 0 Å². The lowest BCUT2D eigenvalue weighted by molar-refractivity contribution is -0.119. The molecule has 0 unspecified atom stereocenters. The van der Waals surface area contributed by atoms with E-state index in [-0.39, 0.29) is 18.9 Å². The van der Waals surface area contributed by atoms with Crippen LogP contribution >= 0.6 is 0 Å². The summed E-state index contributed by atoms with van der Waals surface area (Å²) in [6.45, 7) is 0.107. The smallest absolute Gasteiger partial charge is 0.408 e. The van der Waals surface area contributed by atoms with Crippen LogP contribution in [0.1, 0.15) is 16.7 Å². The molecule has 0 saturated heterocycles. The van der Waals surface area contributed by atoms with Gasteiger partial charge < -0.3 is 14.8 Å². The van der Waals surface area contributed by atoms with E-state index in [4.69, 9.17) is 9.47 Å². The molecule has 31 heavy (non-hydrogen) atoms. The van der Waals surface area contributed by atoms with Crippen LogP contribution < -0.4 is 5.32 Å². The minimum Gasteiger partial charge on any atom is -0.480 e. The Morgan fingerprint density at radius 3 is 1.97 bits per heavy atom. The largest absolute Gasteiger partial charge is 0.480 e. The number of alkyl carbamates (subject to hydrolysis) is 1. The molecule has 0 bridgehead atoms. The molecule has 0 fully saturated rings. The summed E-state index contributed by atoms with van der Waals surface area (Å²) in [6, 6.07) is 26.9. The number of carbonyl (C=O) groups excluding carboxylic acids is 2. The topological polar surface area (TPSA) is 77.0 Å². The standard InChI is InChI=1S/C25H24N2O4/c1-30-24(21-15-9-4-10-16-21)27-23(28)22(17-19-11-5-2-6-12-19)26-25(29)31-18-20-13-7-3-8-14-20/h2-16,22H,17-18H2,1H3,(H,26,29)/t22-/m0/s1. The maximum atomic E-state index is 13.0. The molecule has 0 aromatic heterocycles. The molecule has 6 nitrogen and oxygen atoms in total. The highest BCUT2D eigenvalue weighted by Gasteiger charge is 2.23. The van der Waals surface area contributed by atoms with E-state index in [2.05, 4.69) is 10.3 Å². The molecule has 2 amide bonds. The number of nitrogens with one attached hydrogen (secondary N) is 1. The molecule has 6 heteroatoms. The Bertz CT molecular complexity index is 1010. The van der Waals surface area contributed by atoms with Crippen LogP contribution in [0, 0.1) is 0 Å². The highest BCUT2D eigenvalue weighted by atomic mass is 16.5. The lowest BCUT2D eigenvalue weighted by Gasteiger charge is -2.16. The molecule has 0 aliphatic carbocycles. The molecule has 0 aliphatic rings. The molecule has 0 aliphatic heterocycles. The number of hydrogen-bond donors (Lipinski definition) is 1. The zero-order valence-electron chi connectivity index (χ0n) is 17.2. The molecular weight excluding hydrogens is 392 g/mol. The number of methoxy groups -OCH3 is 1. The van der Waals surface area contributed by atoms with E-state index < -0.39 is 18.0 Å². The zero-order valence-corrected chi connectivity index (χ0v) is 17.2. The lowest BCUT2D eigenvalue weighted by atomic mass is 10.1. The molecule has 0 saturated carbocycles. The first-order chi connectivity index (χ1) is 15.2. The molecular formula is C25H24N2O4. The first-order valence-corrected chi connectivity index (χ1v) is 9.89. The quantitative estimate of drug-likeness (QED) is 0.464. The first-order valence-electron chi connectivity index (χ1n) is 9.89. The lowest BCUT2D eigenvalue weighted by Crippen LogP contribution is -2.42. The SMILES string of the molecule is COC(=NC(=O)[C@H](Cc1ccccc1)NC(=O)OCc1ccccc1)c1ccccc1. The second-order valence-electron chi connectivity index (χ2n) is 6.77. The van der Waals surface area contributed by atoms with Crippen LogP contribution in [-0.4, -0.2) is 31.0 Å². The van der Waals surface area contributed by atoms with E-state index in [1.54, 1.807) is 12.1 Å². The molecule has 3 aromatic rings. The third-order valence-electron chi connectivity index (χ3n) is 4.51. The summed E-state index contributed by atoms with van der Waals surface area (Å²) in [4.78, 5) is 29.5. The zero-order chi connectivity index (χ0) is 21.9. The summed E-state index contributed by atoms with van der Waals surface area (Å²) in [6.07, 6.45) is -0.415. The van der Waals surface area contributed by atoms with Crippen LogP contribution in [0.2, 0.25) is 0 Å². The van der Waals surface area contributed by atoms with Gasteiger partial charge in [0.25, 0.3) is 5.91 Å². The molecule has 1 N–H and O–H groups in total. The predicted molar refractivity (Wildman–Crippen MR) is 119 cm³/mol. The highest BCUT2D eigenvalue weighted by molar-refractivity contribution is 6.03. The summed E-state index contributed by atoms with van der Waals surface area (Å²) < 4.78 is 10.6. The summed E-state index contributed by atoms with van der Waals surface area (Å²) in [5.41, 5.74) is 2.41. The Hall–Kier alpha value is -3.93. The van der Waals surface area contributed by atoms with Crippen LogP contribution in [0.4, 0.5) is 4.79 Å². The molecule has 3 rings (SSSR count). The van der Waals surface area contributed by atoms with Gasteiger partial charge in [0.2, 0.25) is 5.90 Å². The van der Waals surface area contributed by atoms with E-state index in [9.17, 15) is 9.59 Å². The summed E-state index contributed by atoms with van der Waals surface area (Å²) in [5.74, 6) is -0.343. The monoisotopic (exact) mass is 416 g/mol. The van der Waals surface area contributed by atoms with Gasteiger partial charge in [0.1, 0.15) is 12.6 Å². The number of benzene rings is 3. The van der Waals surface area contributed by atoms with Gasteiger partial charge in [-0.2, -0.15) is 4.99 Å². The number of nitrogens with zero attached hydrogens (tertiary/aromatic N) is 1. The number of rotatable bonds is 7. The highest BCUT2D eigenvalue weighted by Crippen LogP contribution is 2.08. The van der Waals surface area contributed by atoms with Gasteiger partial charge in [-0.15, -0.1) is 0 Å². The molecule has 1 atom stereocenters. The number of ether oxygens (including phenoxy) is 2. The number of carbonyl (C=O) groups is 2. The summed E-state index contributed by atoms with van der Waals surface area (Å²) >= 11 is 0. The Balaban J connectivity index is 1.74. The average molecular weight is 416 g/mol. The third-order valence-corrected chi connectivity index (χ3v) is 4.51. The van der Waals surface area contributed by atoms with E-state index in [0.717, 1.165) is 11.1 Å². The number of hydrogen-bond acceptors (Lipinski definition) is 4. The summed E-state index contributed by atoms with van der Waals surface area (Å²) in [5, 5.41) is 2.64. The van der Waals surface area contributed by atoms with E-state index >= 15 is 0 Å². The van der Waals surface area contributed by atoms with Crippen molar-refractivity contribution in [2.75, 3.05) is 7.11 Å². The van der Waals surface area contributed by atoms with E-state index in [1.807, 2.05) is 78.9 Å². The van der Waals surface area contributed by atoms with Gasteiger partial charge >= 0.3 is 6.09 Å². The van der Waals surface area contributed by atoms with Crippen LogP contribution in [0.3, 0.4) is 0 Å². The fourth-order valence-electron chi connectivity index (χ4n) is 2.94. The average Bonchev–Trinajstić information content (AvgIpc) is 2.82. The fraction of sp³-hybridized carbons (Fsp3) is 0.160. The van der Waals surface area contributed by atoms with Gasteiger partial charge in [-0.1, -0.05) is 78.9 Å². The van der Waals surface area contributed by atoms with Crippen molar-refractivity contribution in [3.05, 3.63) is 108 Å². The van der Waals surface area contributed by atoms with Crippen LogP contribution in [0.25, 0.3) is 0 Å². The van der Waals surface area contributed by atoms with Crippen molar-refractivity contribution < 1.29 is 19.1 Å². The van der Waals surface area contributed by atoms with Crippen molar-refractivity contribution >= 4 is 17.9 Å². The predicted octanol–water partition coefficient (Wildman–Crippen LogP) is 4.14. The van der Waals surface area contributed by atoms with E-state index in [1.165, 1.54) is 7.11 Å². The molecule has 158 valence electrons. The minimum absolute atomic E-state index is 0.107. The number of amides is 2. The Morgan fingerprint density at radius 1 is 0.839 bits per heavy atom. The Labute approximate surface area is 181 Å². The van der Waals surface area contributed by atoms with Crippen molar-refractivity contribution in [1.29, 1.82) is 0 Å². The Kier molecular flexibility index (Phi) is 7.94. The van der Waals surface area contributed by atoms with Crippen molar-refractivity contribution in [3.63, 3.8) is 0 Å². The van der Waals surface area contributed by atoms with Gasteiger partial charge in [0, 0.05) is 12.0 Å². The van der Waals surface area contributed by atoms with Crippen LogP contribution in [-0.2, 0) is 27.3 Å². The molecule has 0 heterocycles. The Morgan fingerprint density at radius 2 is 1.39 bits per heavy atom. The fourth-order valence-corrected chi connectivity index (χ4v) is 2.94. The van der Waals surface area contributed by atoms with Gasteiger partial charge in [-0.3, -0.25) is 4.79 Å². The second-order valence-corrected chi connectivity index (χ2v) is 6.77. The van der Waals surface area contributed by atoms with Crippen molar-refractivity contribution in [1.82, 2.24) is 5.32 Å². The third kappa shape index (κ3) is 6.82. The van der Waals surface area contributed by atoms with Gasteiger partial charge in [-0.25, -0.2) is 4.79 Å². The second kappa shape index (κ2) is 11.3. The van der Waals surface area contributed by atoms with E-state index in [0.29, 0.717) is 5.56 Å². The van der Waals surface area contributed by atoms with Crippen molar-refractivity contribution in [2.24, 2.45) is 4.99 Å². The van der Waals surface area contributed by atoms with Crippen molar-refractivity contribution in [2.45, 2.75) is 19.1 Å². The van der Waals surface area contributed by atoms with Gasteiger partial charge in [0.05, 0.1) is 7.11 Å². The maximum absolute atomic E-state index is 13.0. The molecule has 3 aromatic carbocycles. The van der Waals surface area contributed by atoms with Gasteiger partial charge in [-0.05, 0) is 23.3 Å². The number of aliphatic imine (C=N–C) groups is 1. The van der Waals surface area contributed by atoms with Crippen molar-refractivity contribution in [3.8, 4) is 0 Å². The van der Waals surface area contributed by atoms with Crippen LogP contribution in [0.5, 0.6) is 0 Å². The normalized spacial score (nSPS) is 12.0. The molecule has 0 radical (unpaired) electrons. The first kappa shape index (κ1) is 21.8. The maximum Gasteiger partial charge on any atom is 0.408 e. The van der Waals surface area contributed by atoms with Crippen LogP contribution in [0.15, 0.2) is 96.0 Å².